The van der Waals surface area contributed by atoms with Gasteiger partial charge in [-0.05, 0) is 56.0 Å². The predicted octanol–water partition coefficient (Wildman–Crippen LogP) is 3.93. The first-order chi connectivity index (χ1) is 13.5. The molecule has 5 nitrogen and oxygen atoms in total. The Bertz CT molecular complexity index is 870. The zero-order valence-corrected chi connectivity index (χ0v) is 16.6. The monoisotopic (exact) mass is 378 g/mol. The summed E-state index contributed by atoms with van der Waals surface area (Å²) in [6, 6.07) is 15.4. The second-order valence-corrected chi connectivity index (χ2v) is 7.22. The summed E-state index contributed by atoms with van der Waals surface area (Å²) >= 11 is 0. The molecule has 1 aliphatic heterocycles. The van der Waals surface area contributed by atoms with Crippen molar-refractivity contribution in [3.8, 4) is 11.8 Å². The van der Waals surface area contributed by atoms with Crippen molar-refractivity contribution in [3.05, 3.63) is 64.7 Å². The molecule has 2 atom stereocenters. The molecule has 0 bridgehead atoms. The SMILES string of the molecule is COCCCCN1C(=O)[C@@H](Oc2ccc(C)cc2C)[C@H]1c1ccc(C#N)cc1. The van der Waals surface area contributed by atoms with E-state index in [0.29, 0.717) is 18.7 Å². The standard InChI is InChI=1S/C23H26N2O3/c1-16-6-11-20(17(2)14-16)28-22-21(19-9-7-18(15-24)8-10-19)25(23(22)26)12-4-5-13-27-3/h6-11,14,21-22H,4-5,12-13H2,1-3H3/t21-,22+/m1/s1. The minimum atomic E-state index is -0.545. The van der Waals surface area contributed by atoms with E-state index in [1.165, 1.54) is 0 Å². The van der Waals surface area contributed by atoms with Crippen LogP contribution in [0.4, 0.5) is 0 Å². The van der Waals surface area contributed by atoms with Crippen molar-refractivity contribution < 1.29 is 14.3 Å². The zero-order chi connectivity index (χ0) is 20.1. The smallest absolute Gasteiger partial charge is 0.266 e. The molecule has 0 unspecified atom stereocenters. The molecular weight excluding hydrogens is 352 g/mol. The summed E-state index contributed by atoms with van der Waals surface area (Å²) in [4.78, 5) is 14.7. The lowest BCUT2D eigenvalue weighted by Gasteiger charge is -2.47. The highest BCUT2D eigenvalue weighted by Gasteiger charge is 2.49. The van der Waals surface area contributed by atoms with Crippen LogP contribution in [0.5, 0.6) is 5.75 Å². The van der Waals surface area contributed by atoms with Crippen molar-refractivity contribution in [2.75, 3.05) is 20.3 Å². The topological polar surface area (TPSA) is 62.6 Å². The van der Waals surface area contributed by atoms with E-state index in [1.54, 1.807) is 19.2 Å². The molecule has 1 saturated heterocycles. The van der Waals surface area contributed by atoms with Gasteiger partial charge < -0.3 is 14.4 Å². The quantitative estimate of drug-likeness (QED) is 0.516. The molecule has 2 aromatic rings. The molecule has 0 spiro atoms. The molecule has 1 amide bonds. The number of nitrogens with zero attached hydrogens (tertiary/aromatic N) is 2. The maximum Gasteiger partial charge on any atom is 0.266 e. The highest BCUT2D eigenvalue weighted by Crippen LogP contribution is 2.38. The van der Waals surface area contributed by atoms with Crippen molar-refractivity contribution in [1.82, 2.24) is 4.90 Å². The number of β-lactam (4-membered cyclic amide) rings is 1. The average Bonchev–Trinajstić information content (AvgIpc) is 2.70. The first-order valence-corrected chi connectivity index (χ1v) is 9.58. The van der Waals surface area contributed by atoms with Gasteiger partial charge in [0.05, 0.1) is 11.6 Å². The largest absolute Gasteiger partial charge is 0.478 e. The Morgan fingerprint density at radius 2 is 1.86 bits per heavy atom. The van der Waals surface area contributed by atoms with E-state index in [2.05, 4.69) is 12.1 Å². The molecule has 0 radical (unpaired) electrons. The van der Waals surface area contributed by atoms with Gasteiger partial charge >= 0.3 is 0 Å². The third-order valence-corrected chi connectivity index (χ3v) is 5.11. The maximum absolute atomic E-state index is 12.8. The molecule has 2 aromatic carbocycles. The number of ether oxygens (including phenoxy) is 2. The van der Waals surface area contributed by atoms with Crippen molar-refractivity contribution in [1.29, 1.82) is 5.26 Å². The number of carbonyl (C=O) groups excluding carboxylic acids is 1. The Labute approximate surface area is 166 Å². The van der Waals surface area contributed by atoms with E-state index in [-0.39, 0.29) is 11.9 Å². The molecule has 28 heavy (non-hydrogen) atoms. The number of unbranched alkanes of at least 4 members (excludes halogenated alkanes) is 1. The predicted molar refractivity (Wildman–Crippen MR) is 107 cm³/mol. The molecule has 1 aliphatic rings. The molecule has 3 rings (SSSR count). The van der Waals surface area contributed by atoms with Gasteiger partial charge in [-0.2, -0.15) is 5.26 Å². The van der Waals surface area contributed by atoms with Crippen LogP contribution in [-0.4, -0.2) is 37.2 Å². The van der Waals surface area contributed by atoms with Crippen LogP contribution in [0.2, 0.25) is 0 Å². The van der Waals surface area contributed by atoms with E-state index in [1.807, 2.05) is 43.0 Å². The number of rotatable bonds is 8. The molecule has 0 N–H and O–H groups in total. The molecule has 1 heterocycles. The number of carbonyl (C=O) groups is 1. The number of aryl methyl sites for hydroxylation is 2. The lowest BCUT2D eigenvalue weighted by Crippen LogP contribution is -2.61. The fraction of sp³-hybridized carbons (Fsp3) is 0.391. The lowest BCUT2D eigenvalue weighted by molar-refractivity contribution is -0.164. The number of methoxy groups -OCH3 is 1. The third-order valence-electron chi connectivity index (χ3n) is 5.11. The number of nitriles is 1. The first kappa shape index (κ1) is 19.9. The molecule has 0 aliphatic carbocycles. The highest BCUT2D eigenvalue weighted by atomic mass is 16.5. The summed E-state index contributed by atoms with van der Waals surface area (Å²) in [5.74, 6) is 0.744. The van der Waals surface area contributed by atoms with Crippen LogP contribution in [0.15, 0.2) is 42.5 Å². The summed E-state index contributed by atoms with van der Waals surface area (Å²) < 4.78 is 11.3. The van der Waals surface area contributed by atoms with Gasteiger partial charge in [-0.3, -0.25) is 4.79 Å². The van der Waals surface area contributed by atoms with Gasteiger partial charge in [-0.1, -0.05) is 29.8 Å². The Morgan fingerprint density at radius 3 is 2.50 bits per heavy atom. The summed E-state index contributed by atoms with van der Waals surface area (Å²) in [5, 5.41) is 9.05. The minimum absolute atomic E-state index is 0.00625. The minimum Gasteiger partial charge on any atom is -0.478 e. The van der Waals surface area contributed by atoms with Crippen LogP contribution in [0.1, 0.15) is 41.1 Å². The number of amides is 1. The van der Waals surface area contributed by atoms with Gasteiger partial charge in [-0.15, -0.1) is 0 Å². The molecule has 0 aromatic heterocycles. The van der Waals surface area contributed by atoms with E-state index >= 15 is 0 Å². The zero-order valence-electron chi connectivity index (χ0n) is 16.6. The van der Waals surface area contributed by atoms with E-state index in [4.69, 9.17) is 14.7 Å². The Kier molecular flexibility index (Phi) is 6.33. The highest BCUT2D eigenvalue weighted by molar-refractivity contribution is 5.89. The molecule has 146 valence electrons. The fourth-order valence-electron chi connectivity index (χ4n) is 3.59. The second kappa shape index (κ2) is 8.90. The second-order valence-electron chi connectivity index (χ2n) is 7.22. The van der Waals surface area contributed by atoms with Crippen LogP contribution >= 0.6 is 0 Å². The van der Waals surface area contributed by atoms with Crippen LogP contribution in [0, 0.1) is 25.2 Å². The molecule has 5 heteroatoms. The van der Waals surface area contributed by atoms with E-state index in [9.17, 15) is 4.79 Å². The van der Waals surface area contributed by atoms with Crippen LogP contribution in [-0.2, 0) is 9.53 Å². The maximum atomic E-state index is 12.8. The first-order valence-electron chi connectivity index (χ1n) is 9.58. The van der Waals surface area contributed by atoms with Gasteiger partial charge in [0.25, 0.3) is 5.91 Å². The fourth-order valence-corrected chi connectivity index (χ4v) is 3.59. The normalized spacial score (nSPS) is 18.5. The number of likely N-dealkylation sites (tertiary alicyclic amines) is 1. The van der Waals surface area contributed by atoms with Gasteiger partial charge in [0.2, 0.25) is 6.10 Å². The van der Waals surface area contributed by atoms with Crippen molar-refractivity contribution in [3.63, 3.8) is 0 Å². The van der Waals surface area contributed by atoms with E-state index in [0.717, 1.165) is 35.3 Å². The van der Waals surface area contributed by atoms with Crippen LogP contribution in [0.3, 0.4) is 0 Å². The van der Waals surface area contributed by atoms with Gasteiger partial charge in [0, 0.05) is 20.3 Å². The Balaban J connectivity index is 1.80. The Hall–Kier alpha value is -2.84. The van der Waals surface area contributed by atoms with Gasteiger partial charge in [0.1, 0.15) is 11.8 Å². The molecular formula is C23H26N2O3. The number of hydrogen-bond donors (Lipinski definition) is 0. The van der Waals surface area contributed by atoms with Crippen molar-refractivity contribution in [2.45, 2.75) is 38.8 Å². The van der Waals surface area contributed by atoms with Gasteiger partial charge in [-0.25, -0.2) is 0 Å². The van der Waals surface area contributed by atoms with E-state index < -0.39 is 6.10 Å². The number of benzene rings is 2. The van der Waals surface area contributed by atoms with Crippen molar-refractivity contribution in [2.24, 2.45) is 0 Å². The lowest BCUT2D eigenvalue weighted by atomic mass is 9.89. The summed E-state index contributed by atoms with van der Waals surface area (Å²) in [6.45, 7) is 5.38. The van der Waals surface area contributed by atoms with Crippen LogP contribution in [0.25, 0.3) is 0 Å². The summed E-state index contributed by atoms with van der Waals surface area (Å²) in [6.07, 6.45) is 1.24. The van der Waals surface area contributed by atoms with Crippen molar-refractivity contribution >= 4 is 5.91 Å². The molecule has 1 fully saturated rings. The van der Waals surface area contributed by atoms with Gasteiger partial charge in [0.15, 0.2) is 0 Å². The average molecular weight is 378 g/mol. The molecule has 0 saturated carbocycles. The number of hydrogen-bond acceptors (Lipinski definition) is 4. The summed E-state index contributed by atoms with van der Waals surface area (Å²) in [7, 11) is 1.68. The third kappa shape index (κ3) is 4.18. The summed E-state index contributed by atoms with van der Waals surface area (Å²) in [5.41, 5.74) is 3.77. The Morgan fingerprint density at radius 1 is 1.11 bits per heavy atom. The van der Waals surface area contributed by atoms with Crippen LogP contribution < -0.4 is 4.74 Å².